The van der Waals surface area contributed by atoms with Crippen LogP contribution in [0.2, 0.25) is 5.02 Å². The van der Waals surface area contributed by atoms with Gasteiger partial charge in [0, 0.05) is 31.2 Å². The van der Waals surface area contributed by atoms with Crippen LogP contribution in [0, 0.1) is 10.1 Å². The molecule has 0 N–H and O–H groups in total. The van der Waals surface area contributed by atoms with Crippen molar-refractivity contribution in [2.75, 3.05) is 11.4 Å². The lowest BCUT2D eigenvalue weighted by molar-refractivity contribution is -0.384. The van der Waals surface area contributed by atoms with Gasteiger partial charge in [-0.2, -0.15) is 0 Å². The average Bonchev–Trinajstić information content (AvgIpc) is 2.69. The van der Waals surface area contributed by atoms with E-state index >= 15 is 0 Å². The second-order valence-electron chi connectivity index (χ2n) is 4.33. The van der Waals surface area contributed by atoms with Gasteiger partial charge in [0.15, 0.2) is 5.12 Å². The van der Waals surface area contributed by atoms with Crippen molar-refractivity contribution < 1.29 is 14.5 Å². The number of nitro benzene ring substituents is 1. The Bertz CT molecular complexity index is 593. The van der Waals surface area contributed by atoms with Gasteiger partial charge in [-0.3, -0.25) is 19.7 Å². The second-order valence-corrected chi connectivity index (χ2v) is 6.22. The lowest BCUT2D eigenvalue weighted by Gasteiger charge is -2.16. The highest BCUT2D eigenvalue weighted by Crippen LogP contribution is 2.33. The van der Waals surface area contributed by atoms with Gasteiger partial charge in [-0.15, -0.1) is 0 Å². The lowest BCUT2D eigenvalue weighted by atomic mass is 10.2. The summed E-state index contributed by atoms with van der Waals surface area (Å²) >= 11 is 6.85. The Morgan fingerprint density at radius 2 is 2.25 bits per heavy atom. The molecule has 0 saturated carbocycles. The van der Waals surface area contributed by atoms with Crippen LogP contribution >= 0.6 is 23.4 Å². The fraction of sp³-hybridized carbons (Fsp3) is 0.333. The van der Waals surface area contributed by atoms with Gasteiger partial charge in [0.25, 0.3) is 5.69 Å². The molecule has 1 atom stereocenters. The van der Waals surface area contributed by atoms with Crippen LogP contribution in [0.3, 0.4) is 0 Å². The molecule has 20 heavy (non-hydrogen) atoms. The number of nitro groups is 1. The van der Waals surface area contributed by atoms with Crippen LogP contribution in [-0.2, 0) is 9.59 Å². The molecule has 0 bridgehead atoms. The summed E-state index contributed by atoms with van der Waals surface area (Å²) in [5.74, 6) is -0.152. The SMILES string of the molecule is CC(=O)SC1CC(=O)N(c2ccc(Cl)c([N+](=O)[O-])c2)C1. The number of benzene rings is 1. The van der Waals surface area contributed by atoms with Crippen LogP contribution in [0.5, 0.6) is 0 Å². The standard InChI is InChI=1S/C12H11ClN2O4S/c1-7(16)20-9-5-12(17)14(6-9)8-2-3-10(13)11(4-8)15(18)19/h2-4,9H,5-6H2,1H3. The van der Waals surface area contributed by atoms with Crippen molar-refractivity contribution in [3.8, 4) is 0 Å². The maximum Gasteiger partial charge on any atom is 0.289 e. The van der Waals surface area contributed by atoms with Crippen molar-refractivity contribution in [2.24, 2.45) is 0 Å². The number of carbonyl (C=O) groups is 2. The molecule has 1 saturated heterocycles. The van der Waals surface area contributed by atoms with Crippen LogP contribution in [-0.4, -0.2) is 27.7 Å². The highest BCUT2D eigenvalue weighted by molar-refractivity contribution is 8.14. The molecule has 1 aromatic carbocycles. The summed E-state index contributed by atoms with van der Waals surface area (Å²) in [6.45, 7) is 1.81. The van der Waals surface area contributed by atoms with Crippen LogP contribution in [0.1, 0.15) is 13.3 Å². The van der Waals surface area contributed by atoms with Crippen molar-refractivity contribution in [1.82, 2.24) is 0 Å². The number of halogens is 1. The van der Waals surface area contributed by atoms with E-state index in [0.717, 1.165) is 11.8 Å². The van der Waals surface area contributed by atoms with Crippen LogP contribution in [0.15, 0.2) is 18.2 Å². The number of rotatable bonds is 3. The van der Waals surface area contributed by atoms with E-state index in [1.165, 1.54) is 24.0 Å². The van der Waals surface area contributed by atoms with Crippen molar-refractivity contribution in [3.05, 3.63) is 33.3 Å². The third-order valence-corrected chi connectivity index (χ3v) is 4.16. The third kappa shape index (κ3) is 3.10. The minimum Gasteiger partial charge on any atom is -0.311 e. The minimum absolute atomic E-state index is 0.0278. The Hall–Kier alpha value is -1.60. The Morgan fingerprint density at radius 1 is 1.55 bits per heavy atom. The number of anilines is 1. The molecular formula is C12H11ClN2O4S. The molecule has 106 valence electrons. The first-order chi connectivity index (χ1) is 9.38. The van der Waals surface area contributed by atoms with Gasteiger partial charge in [-0.1, -0.05) is 23.4 Å². The molecular weight excluding hydrogens is 304 g/mol. The average molecular weight is 315 g/mol. The quantitative estimate of drug-likeness (QED) is 0.633. The number of hydrogen-bond acceptors (Lipinski definition) is 5. The summed E-state index contributed by atoms with van der Waals surface area (Å²) < 4.78 is 0. The highest BCUT2D eigenvalue weighted by atomic mass is 35.5. The summed E-state index contributed by atoms with van der Waals surface area (Å²) in [5.41, 5.74) is 0.192. The molecule has 1 aliphatic rings. The first-order valence-electron chi connectivity index (χ1n) is 5.80. The van der Waals surface area contributed by atoms with Crippen LogP contribution in [0.4, 0.5) is 11.4 Å². The summed E-state index contributed by atoms with van der Waals surface area (Å²) in [6.07, 6.45) is 0.251. The van der Waals surface area contributed by atoms with E-state index in [1.54, 1.807) is 6.07 Å². The third-order valence-electron chi connectivity index (χ3n) is 2.86. The van der Waals surface area contributed by atoms with E-state index in [4.69, 9.17) is 11.6 Å². The van der Waals surface area contributed by atoms with E-state index in [2.05, 4.69) is 0 Å². The molecule has 0 spiro atoms. The van der Waals surface area contributed by atoms with Gasteiger partial charge in [-0.25, -0.2) is 0 Å². The van der Waals surface area contributed by atoms with Gasteiger partial charge < -0.3 is 4.90 Å². The summed E-state index contributed by atoms with van der Waals surface area (Å²) in [5, 5.41) is 10.7. The maximum atomic E-state index is 11.9. The molecule has 0 radical (unpaired) electrons. The molecule has 1 aromatic rings. The zero-order valence-corrected chi connectivity index (χ0v) is 12.1. The molecule has 1 aliphatic heterocycles. The first kappa shape index (κ1) is 14.8. The zero-order valence-electron chi connectivity index (χ0n) is 10.5. The highest BCUT2D eigenvalue weighted by Gasteiger charge is 2.32. The largest absolute Gasteiger partial charge is 0.311 e. The Balaban J connectivity index is 2.24. The topological polar surface area (TPSA) is 80.5 Å². The Labute approximate surface area is 124 Å². The van der Waals surface area contributed by atoms with E-state index < -0.39 is 4.92 Å². The summed E-state index contributed by atoms with van der Waals surface area (Å²) in [7, 11) is 0. The Kier molecular flexibility index (Phi) is 4.29. The molecule has 1 unspecified atom stereocenters. The van der Waals surface area contributed by atoms with E-state index in [-0.39, 0.29) is 33.4 Å². The predicted octanol–water partition coefficient (Wildman–Crippen LogP) is 2.63. The number of hydrogen-bond donors (Lipinski definition) is 0. The van der Waals surface area contributed by atoms with Crippen molar-refractivity contribution in [2.45, 2.75) is 18.6 Å². The molecule has 8 heteroatoms. The lowest BCUT2D eigenvalue weighted by Crippen LogP contribution is -2.25. The maximum absolute atomic E-state index is 11.9. The number of nitrogens with zero attached hydrogens (tertiary/aromatic N) is 2. The summed E-state index contributed by atoms with van der Waals surface area (Å²) in [4.78, 5) is 34.7. The predicted molar refractivity (Wildman–Crippen MR) is 77.1 cm³/mol. The first-order valence-corrected chi connectivity index (χ1v) is 7.05. The number of amides is 1. The van der Waals surface area contributed by atoms with Crippen LogP contribution < -0.4 is 4.90 Å². The fourth-order valence-corrected chi connectivity index (χ4v) is 3.15. The molecule has 0 aromatic heterocycles. The van der Waals surface area contributed by atoms with Crippen molar-refractivity contribution >= 4 is 45.8 Å². The normalized spacial score (nSPS) is 18.4. The van der Waals surface area contributed by atoms with Crippen LogP contribution in [0.25, 0.3) is 0 Å². The number of thioether (sulfide) groups is 1. The second kappa shape index (κ2) is 5.80. The molecule has 1 fully saturated rings. The molecule has 6 nitrogen and oxygen atoms in total. The Morgan fingerprint density at radius 3 is 2.85 bits per heavy atom. The monoisotopic (exact) mass is 314 g/mol. The number of carbonyl (C=O) groups excluding carboxylic acids is 2. The van der Waals surface area contributed by atoms with Gasteiger partial charge in [0.05, 0.1) is 10.6 Å². The summed E-state index contributed by atoms with van der Waals surface area (Å²) in [6, 6.07) is 4.24. The van der Waals surface area contributed by atoms with Gasteiger partial charge >= 0.3 is 0 Å². The van der Waals surface area contributed by atoms with Gasteiger partial charge in [0.1, 0.15) is 5.02 Å². The zero-order chi connectivity index (χ0) is 14.9. The fourth-order valence-electron chi connectivity index (χ4n) is 2.05. The van der Waals surface area contributed by atoms with E-state index in [1.807, 2.05) is 0 Å². The van der Waals surface area contributed by atoms with E-state index in [9.17, 15) is 19.7 Å². The molecule has 0 aliphatic carbocycles. The molecule has 1 heterocycles. The smallest absolute Gasteiger partial charge is 0.289 e. The molecule has 1 amide bonds. The molecule has 2 rings (SSSR count). The van der Waals surface area contributed by atoms with E-state index in [0.29, 0.717) is 12.2 Å². The van der Waals surface area contributed by atoms with Gasteiger partial charge in [0.2, 0.25) is 5.91 Å². The van der Waals surface area contributed by atoms with Crippen molar-refractivity contribution in [3.63, 3.8) is 0 Å². The van der Waals surface area contributed by atoms with Crippen molar-refractivity contribution in [1.29, 1.82) is 0 Å². The van der Waals surface area contributed by atoms with Gasteiger partial charge in [-0.05, 0) is 12.1 Å². The minimum atomic E-state index is -0.589.